The van der Waals surface area contributed by atoms with Crippen molar-refractivity contribution in [3.63, 3.8) is 0 Å². The summed E-state index contributed by atoms with van der Waals surface area (Å²) >= 11 is 0. The second kappa shape index (κ2) is 5.67. The van der Waals surface area contributed by atoms with Crippen molar-refractivity contribution in [3.8, 4) is 5.88 Å². The molecule has 1 atom stereocenters. The fourth-order valence-electron chi connectivity index (χ4n) is 2.40. The molecule has 2 aromatic rings. The normalized spacial score (nSPS) is 17.6. The van der Waals surface area contributed by atoms with E-state index in [-0.39, 0.29) is 6.04 Å². The van der Waals surface area contributed by atoms with Crippen molar-refractivity contribution >= 4 is 5.95 Å². The molecule has 0 fully saturated rings. The molecule has 1 aliphatic rings. The van der Waals surface area contributed by atoms with Crippen LogP contribution in [0.25, 0.3) is 0 Å². The van der Waals surface area contributed by atoms with Crippen LogP contribution in [0.15, 0.2) is 12.3 Å². The number of nitrogens with one attached hydrogen (secondary N) is 1. The smallest absolute Gasteiger partial charge is 0.226 e. The molecule has 3 heterocycles. The number of methoxy groups -OCH3 is 1. The zero-order valence-corrected chi connectivity index (χ0v) is 12.6. The number of rotatable bonds is 4. The molecule has 1 aliphatic heterocycles. The van der Waals surface area contributed by atoms with Gasteiger partial charge < -0.3 is 10.1 Å². The number of hydrogen-bond acceptors (Lipinski definition) is 6. The molecule has 3 rings (SSSR count). The minimum atomic E-state index is 0.256. The Morgan fingerprint density at radius 1 is 1.38 bits per heavy atom. The quantitative estimate of drug-likeness (QED) is 0.921. The Morgan fingerprint density at radius 3 is 3.00 bits per heavy atom. The highest BCUT2D eigenvalue weighted by Crippen LogP contribution is 2.19. The first-order valence-corrected chi connectivity index (χ1v) is 7.23. The Morgan fingerprint density at radius 2 is 2.24 bits per heavy atom. The lowest BCUT2D eigenvalue weighted by Gasteiger charge is -2.23. The molecule has 0 unspecified atom stereocenters. The number of anilines is 1. The third-order valence-corrected chi connectivity index (χ3v) is 3.56. The predicted molar refractivity (Wildman–Crippen MR) is 78.4 cm³/mol. The van der Waals surface area contributed by atoms with Crippen LogP contribution in [-0.2, 0) is 13.0 Å². The Balaban J connectivity index is 1.71. The summed E-state index contributed by atoms with van der Waals surface area (Å²) in [6, 6.07) is 1.99. The number of nitrogens with zero attached hydrogens (tertiary/aromatic N) is 5. The van der Waals surface area contributed by atoms with Crippen LogP contribution in [0.4, 0.5) is 5.95 Å². The molecule has 0 aliphatic carbocycles. The molecule has 2 aromatic heterocycles. The molecule has 7 nitrogen and oxygen atoms in total. The topological polar surface area (TPSA) is 77.8 Å². The maximum atomic E-state index is 5.11. The molecule has 21 heavy (non-hydrogen) atoms. The van der Waals surface area contributed by atoms with Crippen LogP contribution in [-0.4, -0.2) is 37.9 Å². The number of ether oxygens (including phenoxy) is 1. The average Bonchev–Trinajstić information content (AvgIpc) is 2.91. The second-order valence-corrected chi connectivity index (χ2v) is 5.53. The van der Waals surface area contributed by atoms with Crippen molar-refractivity contribution in [3.05, 3.63) is 23.9 Å². The molecule has 0 saturated heterocycles. The maximum absolute atomic E-state index is 5.11. The van der Waals surface area contributed by atoms with E-state index in [0.29, 0.717) is 17.7 Å². The highest BCUT2D eigenvalue weighted by Gasteiger charge is 2.22. The summed E-state index contributed by atoms with van der Waals surface area (Å²) in [6.07, 6.45) is 3.60. The van der Waals surface area contributed by atoms with E-state index in [9.17, 15) is 0 Å². The largest absolute Gasteiger partial charge is 0.481 e. The molecule has 112 valence electrons. The van der Waals surface area contributed by atoms with Crippen molar-refractivity contribution in [1.82, 2.24) is 24.7 Å². The van der Waals surface area contributed by atoms with Crippen LogP contribution in [0, 0.1) is 0 Å². The zero-order chi connectivity index (χ0) is 14.8. The SMILES string of the molecule is COc1ccnc(N[C@H]2CCc3nc(C(C)C)nn3C2)n1. The summed E-state index contributed by atoms with van der Waals surface area (Å²) in [5, 5.41) is 7.92. The van der Waals surface area contributed by atoms with Crippen LogP contribution in [0.2, 0.25) is 0 Å². The zero-order valence-electron chi connectivity index (χ0n) is 12.6. The van der Waals surface area contributed by atoms with Gasteiger partial charge in [0.1, 0.15) is 5.82 Å². The summed E-state index contributed by atoms with van der Waals surface area (Å²) in [7, 11) is 1.60. The maximum Gasteiger partial charge on any atom is 0.226 e. The van der Waals surface area contributed by atoms with E-state index in [0.717, 1.165) is 31.0 Å². The number of fused-ring (bicyclic) bond motifs is 1. The van der Waals surface area contributed by atoms with E-state index in [2.05, 4.69) is 39.2 Å². The molecule has 0 amide bonds. The van der Waals surface area contributed by atoms with E-state index in [1.54, 1.807) is 19.4 Å². The van der Waals surface area contributed by atoms with Gasteiger partial charge in [0.2, 0.25) is 11.8 Å². The first-order valence-electron chi connectivity index (χ1n) is 7.23. The van der Waals surface area contributed by atoms with Crippen LogP contribution in [0.1, 0.15) is 37.8 Å². The minimum absolute atomic E-state index is 0.256. The second-order valence-electron chi connectivity index (χ2n) is 5.53. The van der Waals surface area contributed by atoms with Gasteiger partial charge in [0.15, 0.2) is 5.82 Å². The molecule has 0 radical (unpaired) electrons. The standard InChI is InChI=1S/C14H20N6O/c1-9(2)13-17-11-5-4-10(8-20(11)19-13)16-14-15-7-6-12(18-14)21-3/h6-7,9-10H,4-5,8H2,1-3H3,(H,15,16,18)/t10-/m0/s1. The molecule has 0 bridgehead atoms. The summed E-state index contributed by atoms with van der Waals surface area (Å²) in [5.74, 6) is 3.50. The minimum Gasteiger partial charge on any atom is -0.481 e. The summed E-state index contributed by atoms with van der Waals surface area (Å²) in [6.45, 7) is 5.01. The van der Waals surface area contributed by atoms with Gasteiger partial charge in [-0.1, -0.05) is 13.8 Å². The predicted octanol–water partition coefficient (Wildman–Crippen LogP) is 1.63. The molecular formula is C14H20N6O. The molecule has 0 saturated carbocycles. The first kappa shape index (κ1) is 13.8. The van der Waals surface area contributed by atoms with Crippen molar-refractivity contribution in [2.24, 2.45) is 0 Å². The fourth-order valence-corrected chi connectivity index (χ4v) is 2.40. The van der Waals surface area contributed by atoms with Crippen LogP contribution >= 0.6 is 0 Å². The van der Waals surface area contributed by atoms with Gasteiger partial charge in [-0.3, -0.25) is 0 Å². The van der Waals surface area contributed by atoms with E-state index in [1.165, 1.54) is 0 Å². The molecule has 0 spiro atoms. The average molecular weight is 288 g/mol. The summed E-state index contributed by atoms with van der Waals surface area (Å²) in [4.78, 5) is 13.1. The number of hydrogen-bond donors (Lipinski definition) is 1. The third-order valence-electron chi connectivity index (χ3n) is 3.56. The van der Waals surface area contributed by atoms with Gasteiger partial charge in [-0.2, -0.15) is 10.1 Å². The number of aryl methyl sites for hydroxylation is 1. The fraction of sp³-hybridized carbons (Fsp3) is 0.571. The first-order chi connectivity index (χ1) is 10.2. The Hall–Kier alpha value is -2.18. The Bertz CT molecular complexity index is 624. The highest BCUT2D eigenvalue weighted by atomic mass is 16.5. The van der Waals surface area contributed by atoms with Crippen LogP contribution < -0.4 is 10.1 Å². The van der Waals surface area contributed by atoms with Gasteiger partial charge in [0.25, 0.3) is 0 Å². The highest BCUT2D eigenvalue weighted by molar-refractivity contribution is 5.29. The van der Waals surface area contributed by atoms with Crippen molar-refractivity contribution in [1.29, 1.82) is 0 Å². The lowest BCUT2D eigenvalue weighted by molar-refractivity contribution is 0.396. The van der Waals surface area contributed by atoms with E-state index in [4.69, 9.17) is 4.74 Å². The van der Waals surface area contributed by atoms with Gasteiger partial charge in [0, 0.05) is 30.6 Å². The summed E-state index contributed by atoms with van der Waals surface area (Å²) in [5.41, 5.74) is 0. The van der Waals surface area contributed by atoms with Crippen LogP contribution in [0.5, 0.6) is 5.88 Å². The molecule has 1 N–H and O–H groups in total. The van der Waals surface area contributed by atoms with Crippen molar-refractivity contribution in [2.45, 2.75) is 45.2 Å². The lowest BCUT2D eigenvalue weighted by Crippen LogP contribution is -2.32. The van der Waals surface area contributed by atoms with Crippen molar-refractivity contribution < 1.29 is 4.74 Å². The van der Waals surface area contributed by atoms with Gasteiger partial charge >= 0.3 is 0 Å². The molecule has 7 heteroatoms. The number of aromatic nitrogens is 5. The van der Waals surface area contributed by atoms with E-state index in [1.807, 2.05) is 4.68 Å². The molecular weight excluding hydrogens is 268 g/mol. The van der Waals surface area contributed by atoms with Gasteiger partial charge in [-0.25, -0.2) is 14.6 Å². The van der Waals surface area contributed by atoms with Crippen molar-refractivity contribution in [2.75, 3.05) is 12.4 Å². The van der Waals surface area contributed by atoms with Gasteiger partial charge in [-0.15, -0.1) is 0 Å². The van der Waals surface area contributed by atoms with E-state index >= 15 is 0 Å². The summed E-state index contributed by atoms with van der Waals surface area (Å²) < 4.78 is 7.11. The molecule has 0 aromatic carbocycles. The van der Waals surface area contributed by atoms with Gasteiger partial charge in [-0.05, 0) is 6.42 Å². The van der Waals surface area contributed by atoms with Crippen LogP contribution in [0.3, 0.4) is 0 Å². The Kier molecular flexibility index (Phi) is 3.72. The third kappa shape index (κ3) is 2.96. The van der Waals surface area contributed by atoms with Gasteiger partial charge in [0.05, 0.1) is 13.7 Å². The monoisotopic (exact) mass is 288 g/mol. The lowest BCUT2D eigenvalue weighted by atomic mass is 10.1. The van der Waals surface area contributed by atoms with E-state index < -0.39 is 0 Å². The Labute approximate surface area is 123 Å².